The Labute approximate surface area is 123 Å². The van der Waals surface area contributed by atoms with Crippen LogP contribution in [0.2, 0.25) is 0 Å². The van der Waals surface area contributed by atoms with Crippen molar-refractivity contribution in [1.82, 2.24) is 5.32 Å². The molecule has 0 saturated carbocycles. The third kappa shape index (κ3) is 3.40. The SMILES string of the molecule is C=CCNC(=O)CCc1c(C)c2ccc(C)cc2oc1=O. The van der Waals surface area contributed by atoms with E-state index in [0.717, 1.165) is 16.5 Å². The number of fused-ring (bicyclic) bond motifs is 1. The topological polar surface area (TPSA) is 59.3 Å². The zero-order chi connectivity index (χ0) is 15.4. The van der Waals surface area contributed by atoms with Crippen LogP contribution in [0.1, 0.15) is 23.1 Å². The molecule has 4 heteroatoms. The molecule has 1 aromatic heterocycles. The minimum absolute atomic E-state index is 0.0993. The van der Waals surface area contributed by atoms with Crippen molar-refractivity contribution in [1.29, 1.82) is 0 Å². The molecule has 0 aliphatic rings. The Balaban J connectivity index is 2.28. The average Bonchev–Trinajstić information content (AvgIpc) is 2.44. The molecular weight excluding hydrogens is 266 g/mol. The Bertz CT molecular complexity index is 744. The van der Waals surface area contributed by atoms with Crippen LogP contribution in [0.15, 0.2) is 40.1 Å². The summed E-state index contributed by atoms with van der Waals surface area (Å²) in [5.41, 5.74) is 2.74. The Morgan fingerprint density at radius 1 is 1.38 bits per heavy atom. The lowest BCUT2D eigenvalue weighted by Gasteiger charge is -2.08. The largest absolute Gasteiger partial charge is 0.423 e. The lowest BCUT2D eigenvalue weighted by molar-refractivity contribution is -0.120. The van der Waals surface area contributed by atoms with Gasteiger partial charge in [-0.05, 0) is 37.5 Å². The normalized spacial score (nSPS) is 10.6. The number of rotatable bonds is 5. The van der Waals surface area contributed by atoms with E-state index in [2.05, 4.69) is 11.9 Å². The van der Waals surface area contributed by atoms with Gasteiger partial charge in [0.25, 0.3) is 0 Å². The van der Waals surface area contributed by atoms with E-state index >= 15 is 0 Å². The Hall–Kier alpha value is -2.36. The fourth-order valence-electron chi connectivity index (χ4n) is 2.30. The van der Waals surface area contributed by atoms with Crippen LogP contribution in [0.5, 0.6) is 0 Å². The summed E-state index contributed by atoms with van der Waals surface area (Å²) in [4.78, 5) is 23.7. The first-order valence-electron chi connectivity index (χ1n) is 6.93. The number of nitrogens with one attached hydrogen (secondary N) is 1. The fraction of sp³-hybridized carbons (Fsp3) is 0.294. The molecule has 1 amide bonds. The van der Waals surface area contributed by atoms with Gasteiger partial charge in [0.05, 0.1) is 0 Å². The summed E-state index contributed by atoms with van der Waals surface area (Å²) >= 11 is 0. The Morgan fingerprint density at radius 3 is 2.86 bits per heavy atom. The Morgan fingerprint density at radius 2 is 2.14 bits per heavy atom. The third-order valence-corrected chi connectivity index (χ3v) is 3.49. The molecule has 21 heavy (non-hydrogen) atoms. The van der Waals surface area contributed by atoms with Crippen LogP contribution >= 0.6 is 0 Å². The maximum absolute atomic E-state index is 12.1. The van der Waals surface area contributed by atoms with Gasteiger partial charge in [-0.1, -0.05) is 18.2 Å². The van der Waals surface area contributed by atoms with E-state index < -0.39 is 0 Å². The van der Waals surface area contributed by atoms with Crippen LogP contribution in [0.4, 0.5) is 0 Å². The lowest BCUT2D eigenvalue weighted by Crippen LogP contribution is -2.24. The summed E-state index contributed by atoms with van der Waals surface area (Å²) < 4.78 is 5.36. The number of hydrogen-bond donors (Lipinski definition) is 1. The number of carbonyl (C=O) groups excluding carboxylic acids is 1. The number of aryl methyl sites for hydroxylation is 2. The summed E-state index contributed by atoms with van der Waals surface area (Å²) in [5.74, 6) is -0.0993. The predicted molar refractivity (Wildman–Crippen MR) is 83.5 cm³/mol. The predicted octanol–water partition coefficient (Wildman–Crippen LogP) is 2.64. The molecule has 0 saturated heterocycles. The van der Waals surface area contributed by atoms with E-state index in [0.29, 0.717) is 24.1 Å². The van der Waals surface area contributed by atoms with Crippen LogP contribution in [0, 0.1) is 13.8 Å². The van der Waals surface area contributed by atoms with Crippen LogP contribution in [0.3, 0.4) is 0 Å². The minimum atomic E-state index is -0.359. The summed E-state index contributed by atoms with van der Waals surface area (Å²) in [6.45, 7) is 7.82. The van der Waals surface area contributed by atoms with Crippen molar-refractivity contribution in [3.05, 3.63) is 58.0 Å². The van der Waals surface area contributed by atoms with Gasteiger partial charge in [0, 0.05) is 23.9 Å². The average molecular weight is 285 g/mol. The second-order valence-electron chi connectivity index (χ2n) is 5.09. The van der Waals surface area contributed by atoms with Crippen molar-refractivity contribution in [2.45, 2.75) is 26.7 Å². The number of carbonyl (C=O) groups is 1. The van der Waals surface area contributed by atoms with Crippen LogP contribution < -0.4 is 10.9 Å². The molecule has 1 N–H and O–H groups in total. The van der Waals surface area contributed by atoms with Gasteiger partial charge in [0.2, 0.25) is 5.91 Å². The molecule has 0 fully saturated rings. The molecule has 1 aromatic carbocycles. The lowest BCUT2D eigenvalue weighted by atomic mass is 10.0. The molecule has 1 heterocycles. The molecule has 2 rings (SSSR count). The first-order valence-corrected chi connectivity index (χ1v) is 6.93. The van der Waals surface area contributed by atoms with E-state index in [9.17, 15) is 9.59 Å². The van der Waals surface area contributed by atoms with Crippen molar-refractivity contribution >= 4 is 16.9 Å². The molecule has 0 radical (unpaired) electrons. The number of amides is 1. The van der Waals surface area contributed by atoms with Crippen LogP contribution in [-0.2, 0) is 11.2 Å². The summed E-state index contributed by atoms with van der Waals surface area (Å²) in [6.07, 6.45) is 2.26. The van der Waals surface area contributed by atoms with Gasteiger partial charge >= 0.3 is 5.63 Å². The molecule has 0 unspecified atom stereocenters. The third-order valence-electron chi connectivity index (χ3n) is 3.49. The molecule has 4 nitrogen and oxygen atoms in total. The van der Waals surface area contributed by atoms with Gasteiger partial charge in [0.1, 0.15) is 5.58 Å². The molecule has 0 aliphatic carbocycles. The second kappa shape index (κ2) is 6.39. The monoisotopic (exact) mass is 285 g/mol. The van der Waals surface area contributed by atoms with Gasteiger partial charge in [0.15, 0.2) is 0 Å². The van der Waals surface area contributed by atoms with Crippen LogP contribution in [-0.4, -0.2) is 12.5 Å². The van der Waals surface area contributed by atoms with Crippen molar-refractivity contribution in [2.75, 3.05) is 6.54 Å². The maximum atomic E-state index is 12.1. The first-order chi connectivity index (χ1) is 10.0. The zero-order valence-electron chi connectivity index (χ0n) is 12.4. The zero-order valence-corrected chi connectivity index (χ0v) is 12.4. The summed E-state index contributed by atoms with van der Waals surface area (Å²) in [5, 5.41) is 3.61. The van der Waals surface area contributed by atoms with Gasteiger partial charge in [-0.15, -0.1) is 6.58 Å². The smallest absolute Gasteiger partial charge is 0.339 e. The highest BCUT2D eigenvalue weighted by atomic mass is 16.4. The molecule has 110 valence electrons. The molecular formula is C17H19NO3. The highest BCUT2D eigenvalue weighted by molar-refractivity contribution is 5.82. The molecule has 0 aliphatic heterocycles. The van der Waals surface area contributed by atoms with E-state index in [1.54, 1.807) is 6.08 Å². The van der Waals surface area contributed by atoms with E-state index in [-0.39, 0.29) is 18.0 Å². The Kier molecular flexibility index (Phi) is 4.58. The van der Waals surface area contributed by atoms with E-state index in [1.807, 2.05) is 32.0 Å². The molecule has 0 spiro atoms. The van der Waals surface area contributed by atoms with Crippen molar-refractivity contribution in [3.63, 3.8) is 0 Å². The number of hydrogen-bond acceptors (Lipinski definition) is 3. The summed E-state index contributed by atoms with van der Waals surface area (Å²) in [7, 11) is 0. The second-order valence-corrected chi connectivity index (χ2v) is 5.09. The van der Waals surface area contributed by atoms with Gasteiger partial charge in [-0.3, -0.25) is 4.79 Å². The fourth-order valence-corrected chi connectivity index (χ4v) is 2.30. The molecule has 0 bridgehead atoms. The van der Waals surface area contributed by atoms with Gasteiger partial charge in [-0.25, -0.2) is 4.79 Å². The standard InChI is InChI=1S/C17H19NO3/c1-4-9-18-16(19)8-7-14-12(3)13-6-5-11(2)10-15(13)21-17(14)20/h4-6,10H,1,7-9H2,2-3H3,(H,18,19). The highest BCUT2D eigenvalue weighted by Gasteiger charge is 2.12. The summed E-state index contributed by atoms with van der Waals surface area (Å²) in [6, 6.07) is 5.78. The first kappa shape index (κ1) is 15.0. The van der Waals surface area contributed by atoms with E-state index in [4.69, 9.17) is 4.42 Å². The van der Waals surface area contributed by atoms with Crippen molar-refractivity contribution < 1.29 is 9.21 Å². The van der Waals surface area contributed by atoms with Gasteiger partial charge < -0.3 is 9.73 Å². The molecule has 0 atom stereocenters. The quantitative estimate of drug-likeness (QED) is 0.678. The number of benzene rings is 1. The van der Waals surface area contributed by atoms with Crippen molar-refractivity contribution in [3.8, 4) is 0 Å². The maximum Gasteiger partial charge on any atom is 0.339 e. The van der Waals surface area contributed by atoms with Crippen LogP contribution in [0.25, 0.3) is 11.0 Å². The van der Waals surface area contributed by atoms with E-state index in [1.165, 1.54) is 0 Å². The minimum Gasteiger partial charge on any atom is -0.423 e. The van der Waals surface area contributed by atoms with Crippen molar-refractivity contribution in [2.24, 2.45) is 0 Å². The molecule has 2 aromatic rings. The highest BCUT2D eigenvalue weighted by Crippen LogP contribution is 2.21. The van der Waals surface area contributed by atoms with Gasteiger partial charge in [-0.2, -0.15) is 0 Å².